The van der Waals surface area contributed by atoms with Crippen LogP contribution < -0.4 is 0 Å². The monoisotopic (exact) mass is 271 g/mol. The average molecular weight is 272 g/mol. The summed E-state index contributed by atoms with van der Waals surface area (Å²) in [6.45, 7) is 4.27. The summed E-state index contributed by atoms with van der Waals surface area (Å²) in [7, 11) is -0.949. The van der Waals surface area contributed by atoms with Crippen molar-refractivity contribution in [1.82, 2.24) is 0 Å². The van der Waals surface area contributed by atoms with Crippen LogP contribution in [0.2, 0.25) is 12.6 Å². The van der Waals surface area contributed by atoms with Crippen molar-refractivity contribution in [2.75, 3.05) is 0 Å². The van der Waals surface area contributed by atoms with Crippen molar-refractivity contribution < 1.29 is 4.80 Å². The molecule has 0 aliphatic heterocycles. The van der Waals surface area contributed by atoms with Crippen LogP contribution in [0, 0.1) is 0 Å². The predicted octanol–water partition coefficient (Wildman–Crippen LogP) is 5.69. The molecular formula is C16H35OSi. The fraction of sp³-hybridized carbons (Fsp3) is 1.00. The van der Waals surface area contributed by atoms with Crippen molar-refractivity contribution in [3.63, 3.8) is 0 Å². The van der Waals surface area contributed by atoms with Crippen molar-refractivity contribution in [3.05, 3.63) is 0 Å². The summed E-state index contributed by atoms with van der Waals surface area (Å²) in [6.07, 6.45) is 18.3. The van der Waals surface area contributed by atoms with E-state index in [1.807, 2.05) is 6.55 Å². The quantitative estimate of drug-likeness (QED) is 0.318. The standard InChI is InChI=1S/C16H35OSi/c1-3-4-5-6-7-8-9-10-11-12-13-14-15-16-18(2)17/h17H,3-16H2,1-2H3. The van der Waals surface area contributed by atoms with E-state index in [1.54, 1.807) is 0 Å². The molecule has 0 aromatic carbocycles. The van der Waals surface area contributed by atoms with E-state index in [0.29, 0.717) is 0 Å². The average Bonchev–Trinajstić information content (AvgIpc) is 2.34. The predicted molar refractivity (Wildman–Crippen MR) is 84.3 cm³/mol. The lowest BCUT2D eigenvalue weighted by Gasteiger charge is -2.03. The molecule has 0 aromatic rings. The molecule has 1 nitrogen and oxygen atoms in total. The van der Waals surface area contributed by atoms with Crippen molar-refractivity contribution in [3.8, 4) is 0 Å². The molecule has 0 fully saturated rings. The highest BCUT2D eigenvalue weighted by Gasteiger charge is 1.98. The van der Waals surface area contributed by atoms with Crippen molar-refractivity contribution in [1.29, 1.82) is 0 Å². The second-order valence-corrected chi connectivity index (χ2v) is 7.70. The Morgan fingerprint density at radius 2 is 0.944 bits per heavy atom. The zero-order valence-corrected chi connectivity index (χ0v) is 13.8. The first-order chi connectivity index (χ1) is 8.77. The van der Waals surface area contributed by atoms with Gasteiger partial charge in [-0.1, -0.05) is 90.4 Å². The highest BCUT2D eigenvalue weighted by atomic mass is 28.3. The van der Waals surface area contributed by atoms with Gasteiger partial charge in [-0.15, -0.1) is 0 Å². The molecule has 0 saturated heterocycles. The smallest absolute Gasteiger partial charge is 0.203 e. The van der Waals surface area contributed by atoms with E-state index in [0.717, 1.165) is 6.04 Å². The highest BCUT2D eigenvalue weighted by Crippen LogP contribution is 2.13. The summed E-state index contributed by atoms with van der Waals surface area (Å²) < 4.78 is 0. The summed E-state index contributed by atoms with van der Waals surface area (Å²) in [5, 5.41) is 0. The third kappa shape index (κ3) is 16.2. The van der Waals surface area contributed by atoms with Gasteiger partial charge in [-0.05, 0) is 12.6 Å². The molecule has 0 atom stereocenters. The van der Waals surface area contributed by atoms with Crippen LogP contribution in [0.4, 0.5) is 0 Å². The molecule has 0 saturated carbocycles. The number of unbranched alkanes of at least 4 members (excludes halogenated alkanes) is 12. The van der Waals surface area contributed by atoms with Crippen LogP contribution in [0.3, 0.4) is 0 Å². The maximum atomic E-state index is 9.23. The van der Waals surface area contributed by atoms with Gasteiger partial charge < -0.3 is 4.80 Å². The number of hydrogen-bond acceptors (Lipinski definition) is 1. The van der Waals surface area contributed by atoms with Gasteiger partial charge in [0.15, 0.2) is 0 Å². The van der Waals surface area contributed by atoms with Crippen LogP contribution in [0.15, 0.2) is 0 Å². The Kier molecular flexibility index (Phi) is 15.4. The largest absolute Gasteiger partial charge is 0.432 e. The molecule has 0 unspecified atom stereocenters. The highest BCUT2D eigenvalue weighted by molar-refractivity contribution is 6.48. The third-order valence-corrected chi connectivity index (χ3v) is 4.72. The third-order valence-electron chi connectivity index (χ3n) is 3.64. The minimum atomic E-state index is -0.949. The Morgan fingerprint density at radius 1 is 0.611 bits per heavy atom. The molecule has 0 spiro atoms. The minimum absolute atomic E-state index is 0.949. The van der Waals surface area contributed by atoms with E-state index in [-0.39, 0.29) is 0 Å². The molecule has 18 heavy (non-hydrogen) atoms. The Bertz CT molecular complexity index is 148. The van der Waals surface area contributed by atoms with Gasteiger partial charge in [-0.3, -0.25) is 0 Å². The van der Waals surface area contributed by atoms with Gasteiger partial charge in [0.2, 0.25) is 9.04 Å². The zero-order chi connectivity index (χ0) is 13.5. The molecule has 0 aliphatic carbocycles. The first-order valence-electron chi connectivity index (χ1n) is 8.28. The molecule has 1 radical (unpaired) electrons. The molecular weight excluding hydrogens is 236 g/mol. The van der Waals surface area contributed by atoms with E-state index in [2.05, 4.69) is 6.92 Å². The van der Waals surface area contributed by atoms with E-state index < -0.39 is 9.04 Å². The van der Waals surface area contributed by atoms with E-state index in [4.69, 9.17) is 0 Å². The van der Waals surface area contributed by atoms with Gasteiger partial charge in [0.25, 0.3) is 0 Å². The Labute approximate surface area is 117 Å². The molecule has 0 heterocycles. The Balaban J connectivity index is 2.90. The first kappa shape index (κ1) is 18.2. The van der Waals surface area contributed by atoms with E-state index in [1.165, 1.54) is 83.5 Å². The lowest BCUT2D eigenvalue weighted by molar-refractivity contribution is 0.537. The van der Waals surface area contributed by atoms with Gasteiger partial charge in [0, 0.05) is 0 Å². The molecule has 0 amide bonds. The minimum Gasteiger partial charge on any atom is -0.432 e. The van der Waals surface area contributed by atoms with Gasteiger partial charge in [0.1, 0.15) is 0 Å². The maximum absolute atomic E-state index is 9.23. The van der Waals surface area contributed by atoms with Crippen LogP contribution in [-0.4, -0.2) is 13.8 Å². The fourth-order valence-corrected chi connectivity index (χ4v) is 3.16. The topological polar surface area (TPSA) is 20.2 Å². The molecule has 0 aromatic heterocycles. The zero-order valence-electron chi connectivity index (χ0n) is 12.8. The molecule has 1 N–H and O–H groups in total. The van der Waals surface area contributed by atoms with Crippen LogP contribution in [0.25, 0.3) is 0 Å². The van der Waals surface area contributed by atoms with Crippen molar-refractivity contribution >= 4 is 9.04 Å². The van der Waals surface area contributed by atoms with Gasteiger partial charge >= 0.3 is 0 Å². The van der Waals surface area contributed by atoms with Gasteiger partial charge in [-0.2, -0.15) is 0 Å². The summed E-state index contributed by atoms with van der Waals surface area (Å²) in [5.74, 6) is 0. The molecule has 2 heteroatoms. The summed E-state index contributed by atoms with van der Waals surface area (Å²) in [5.41, 5.74) is 0. The first-order valence-corrected chi connectivity index (χ1v) is 10.4. The number of rotatable bonds is 14. The SMILES string of the molecule is CCCCCCCCCCCCCCC[Si](C)O. The van der Waals surface area contributed by atoms with Crippen LogP contribution in [0.5, 0.6) is 0 Å². The maximum Gasteiger partial charge on any atom is 0.203 e. The van der Waals surface area contributed by atoms with Crippen LogP contribution >= 0.6 is 0 Å². The van der Waals surface area contributed by atoms with Crippen molar-refractivity contribution in [2.24, 2.45) is 0 Å². The summed E-state index contributed by atoms with van der Waals surface area (Å²) in [4.78, 5) is 9.23. The molecule has 0 aliphatic rings. The lowest BCUT2D eigenvalue weighted by atomic mass is 10.1. The second kappa shape index (κ2) is 15.2. The summed E-state index contributed by atoms with van der Waals surface area (Å²) >= 11 is 0. The lowest BCUT2D eigenvalue weighted by Crippen LogP contribution is -2.03. The normalized spacial score (nSPS) is 11.3. The van der Waals surface area contributed by atoms with Crippen molar-refractivity contribution in [2.45, 2.75) is 103 Å². The molecule has 109 valence electrons. The Morgan fingerprint density at radius 3 is 1.28 bits per heavy atom. The molecule has 0 rings (SSSR count). The summed E-state index contributed by atoms with van der Waals surface area (Å²) in [6, 6.07) is 1.09. The fourth-order valence-electron chi connectivity index (χ4n) is 2.40. The molecule has 0 bridgehead atoms. The van der Waals surface area contributed by atoms with Gasteiger partial charge in [0.05, 0.1) is 0 Å². The van der Waals surface area contributed by atoms with E-state index in [9.17, 15) is 4.80 Å². The Hall–Kier alpha value is 0.177. The second-order valence-electron chi connectivity index (χ2n) is 5.73. The van der Waals surface area contributed by atoms with E-state index >= 15 is 0 Å². The van der Waals surface area contributed by atoms with Crippen LogP contribution in [-0.2, 0) is 0 Å². The number of hydrogen-bond donors (Lipinski definition) is 1. The van der Waals surface area contributed by atoms with Crippen LogP contribution in [0.1, 0.15) is 90.4 Å². The van der Waals surface area contributed by atoms with Gasteiger partial charge in [-0.25, -0.2) is 0 Å².